The zero-order valence-electron chi connectivity index (χ0n) is 12.0. The number of nitrogens with zero attached hydrogens (tertiary/aromatic N) is 2. The van der Waals surface area contributed by atoms with Crippen LogP contribution in [0.3, 0.4) is 0 Å². The lowest BCUT2D eigenvalue weighted by atomic mass is 10.1. The molecule has 2 aliphatic rings. The molecule has 0 aliphatic carbocycles. The maximum absolute atomic E-state index is 13.1. The number of para-hydroxylation sites is 1. The summed E-state index contributed by atoms with van der Waals surface area (Å²) < 4.78 is 39.3. The van der Waals surface area contributed by atoms with Crippen molar-refractivity contribution < 1.29 is 13.2 Å². The van der Waals surface area contributed by atoms with Crippen molar-refractivity contribution in [2.24, 2.45) is 0 Å². The molecule has 2 heterocycles. The van der Waals surface area contributed by atoms with E-state index >= 15 is 0 Å². The molecule has 0 amide bonds. The third-order valence-electron chi connectivity index (χ3n) is 3.97. The summed E-state index contributed by atoms with van der Waals surface area (Å²) in [7, 11) is 0. The molecule has 1 unspecified atom stereocenters. The van der Waals surface area contributed by atoms with Crippen molar-refractivity contribution in [1.29, 1.82) is 0 Å². The van der Waals surface area contributed by atoms with Crippen LogP contribution in [0.5, 0.6) is 0 Å². The van der Waals surface area contributed by atoms with E-state index in [-0.39, 0.29) is 11.9 Å². The lowest BCUT2D eigenvalue weighted by Gasteiger charge is -2.40. The minimum absolute atomic E-state index is 0.0984. The maximum atomic E-state index is 13.1. The third kappa shape index (κ3) is 3.11. The van der Waals surface area contributed by atoms with Gasteiger partial charge in [0.15, 0.2) is 0 Å². The van der Waals surface area contributed by atoms with Crippen LogP contribution in [0.15, 0.2) is 42.6 Å². The molecule has 0 saturated carbocycles. The van der Waals surface area contributed by atoms with E-state index < -0.39 is 11.7 Å². The normalized spacial score (nSPS) is 22.7. The molecule has 1 fully saturated rings. The molecular formula is C16H17F3N3. The fourth-order valence-electron chi connectivity index (χ4n) is 2.84. The Kier molecular flexibility index (Phi) is 4.11. The molecule has 0 bridgehead atoms. The van der Waals surface area contributed by atoms with Gasteiger partial charge in [0.25, 0.3) is 0 Å². The molecule has 6 heteroatoms. The highest BCUT2D eigenvalue weighted by atomic mass is 19.4. The Hall–Kier alpha value is -1.95. The van der Waals surface area contributed by atoms with Crippen LogP contribution in [0.25, 0.3) is 0 Å². The van der Waals surface area contributed by atoms with Crippen molar-refractivity contribution in [1.82, 2.24) is 10.2 Å². The van der Waals surface area contributed by atoms with Gasteiger partial charge in [-0.15, -0.1) is 0 Å². The second-order valence-electron chi connectivity index (χ2n) is 5.32. The number of anilines is 1. The minimum atomic E-state index is -4.32. The van der Waals surface area contributed by atoms with Crippen LogP contribution < -0.4 is 10.2 Å². The van der Waals surface area contributed by atoms with E-state index in [0.717, 1.165) is 6.07 Å². The summed E-state index contributed by atoms with van der Waals surface area (Å²) in [6, 6.07) is 5.79. The van der Waals surface area contributed by atoms with Gasteiger partial charge in [0.2, 0.25) is 0 Å². The molecule has 1 aromatic rings. The zero-order chi connectivity index (χ0) is 15.6. The highest BCUT2D eigenvalue weighted by Crippen LogP contribution is 2.36. The van der Waals surface area contributed by atoms with Crippen molar-refractivity contribution in [2.45, 2.75) is 12.3 Å². The van der Waals surface area contributed by atoms with E-state index in [1.807, 2.05) is 17.1 Å². The Morgan fingerprint density at radius 3 is 2.45 bits per heavy atom. The van der Waals surface area contributed by atoms with Crippen LogP contribution in [-0.4, -0.2) is 37.2 Å². The molecule has 0 spiro atoms. The van der Waals surface area contributed by atoms with E-state index in [9.17, 15) is 13.2 Å². The van der Waals surface area contributed by atoms with Crippen LogP contribution in [0.4, 0.5) is 18.9 Å². The fraction of sp³-hybridized carbons (Fsp3) is 0.375. The van der Waals surface area contributed by atoms with Gasteiger partial charge in [0.05, 0.1) is 11.7 Å². The van der Waals surface area contributed by atoms with Gasteiger partial charge in [0.1, 0.15) is 0 Å². The molecule has 1 N–H and O–H groups in total. The van der Waals surface area contributed by atoms with Crippen LogP contribution in [0, 0.1) is 6.08 Å². The van der Waals surface area contributed by atoms with Gasteiger partial charge in [-0.05, 0) is 24.3 Å². The number of halogens is 3. The first-order chi connectivity index (χ1) is 10.6. The Bertz CT molecular complexity index is 572. The summed E-state index contributed by atoms with van der Waals surface area (Å²) in [6.45, 7) is 2.57. The van der Waals surface area contributed by atoms with Crippen molar-refractivity contribution in [3.8, 4) is 0 Å². The van der Waals surface area contributed by atoms with Gasteiger partial charge in [0, 0.05) is 38.1 Å². The largest absolute Gasteiger partial charge is 0.418 e. The number of rotatable bonds is 2. The number of dihydropyridines is 1. The van der Waals surface area contributed by atoms with E-state index in [4.69, 9.17) is 0 Å². The molecule has 1 atom stereocenters. The average Bonchev–Trinajstić information content (AvgIpc) is 2.55. The van der Waals surface area contributed by atoms with Crippen molar-refractivity contribution in [3.05, 3.63) is 54.3 Å². The number of hydrogen-bond acceptors (Lipinski definition) is 3. The van der Waals surface area contributed by atoms with E-state index in [1.54, 1.807) is 18.3 Å². The first-order valence-electron chi connectivity index (χ1n) is 7.21. The summed E-state index contributed by atoms with van der Waals surface area (Å²) in [5.74, 6) is 0. The van der Waals surface area contributed by atoms with E-state index in [1.165, 1.54) is 6.07 Å². The predicted octanol–water partition coefficient (Wildman–Crippen LogP) is 2.63. The highest BCUT2D eigenvalue weighted by Gasteiger charge is 2.35. The van der Waals surface area contributed by atoms with Crippen LogP contribution in [0.2, 0.25) is 0 Å². The molecular weight excluding hydrogens is 291 g/mol. The molecule has 1 radical (unpaired) electrons. The first kappa shape index (κ1) is 15.0. The SMILES string of the molecule is FC(F)(F)c1ccccc1N1CCN(C2C=C[C]=CN2)CC1. The second-order valence-corrected chi connectivity index (χ2v) is 5.32. The van der Waals surface area contributed by atoms with Crippen LogP contribution in [0.1, 0.15) is 5.56 Å². The standard InChI is InChI=1S/C16H17F3N3/c17-16(18,19)13-5-1-2-6-14(13)21-9-11-22(12-10-21)15-7-3-4-8-20-15/h1-3,5-8,15,20H,9-12H2. The molecule has 3 nitrogen and oxygen atoms in total. The lowest BCUT2D eigenvalue weighted by molar-refractivity contribution is -0.137. The van der Waals surface area contributed by atoms with Gasteiger partial charge in [-0.25, -0.2) is 0 Å². The van der Waals surface area contributed by atoms with Gasteiger partial charge in [-0.3, -0.25) is 4.90 Å². The molecule has 117 valence electrons. The fourth-order valence-corrected chi connectivity index (χ4v) is 2.84. The van der Waals surface area contributed by atoms with Crippen molar-refractivity contribution in [3.63, 3.8) is 0 Å². The Labute approximate surface area is 127 Å². The van der Waals surface area contributed by atoms with Gasteiger partial charge in [-0.1, -0.05) is 18.2 Å². The van der Waals surface area contributed by atoms with Gasteiger partial charge in [-0.2, -0.15) is 13.2 Å². The van der Waals surface area contributed by atoms with Crippen LogP contribution >= 0.6 is 0 Å². The average molecular weight is 308 g/mol. The summed E-state index contributed by atoms with van der Waals surface area (Å²) in [6.07, 6.45) is 4.33. The highest BCUT2D eigenvalue weighted by molar-refractivity contribution is 5.55. The van der Waals surface area contributed by atoms with E-state index in [2.05, 4.69) is 16.3 Å². The molecule has 0 aromatic heterocycles. The number of benzene rings is 1. The first-order valence-corrected chi connectivity index (χ1v) is 7.21. The van der Waals surface area contributed by atoms with Gasteiger partial charge < -0.3 is 10.2 Å². The summed E-state index contributed by atoms with van der Waals surface area (Å²) in [5, 5.41) is 3.18. The van der Waals surface area contributed by atoms with Crippen LogP contribution in [-0.2, 0) is 6.18 Å². The number of piperazine rings is 1. The number of hydrogen-bond donors (Lipinski definition) is 1. The van der Waals surface area contributed by atoms with E-state index in [0.29, 0.717) is 26.2 Å². The number of allylic oxidation sites excluding steroid dienone is 2. The molecule has 1 saturated heterocycles. The zero-order valence-corrected chi connectivity index (χ0v) is 12.0. The van der Waals surface area contributed by atoms with Crippen molar-refractivity contribution >= 4 is 5.69 Å². The molecule has 1 aromatic carbocycles. The summed E-state index contributed by atoms with van der Waals surface area (Å²) in [5.41, 5.74) is -0.285. The summed E-state index contributed by atoms with van der Waals surface area (Å²) in [4.78, 5) is 4.02. The minimum Gasteiger partial charge on any atom is -0.372 e. The quantitative estimate of drug-likeness (QED) is 0.906. The monoisotopic (exact) mass is 308 g/mol. The summed E-state index contributed by atoms with van der Waals surface area (Å²) >= 11 is 0. The Morgan fingerprint density at radius 1 is 1.09 bits per heavy atom. The Balaban J connectivity index is 1.69. The molecule has 2 aliphatic heterocycles. The topological polar surface area (TPSA) is 18.5 Å². The number of alkyl halides is 3. The lowest BCUT2D eigenvalue weighted by Crippen LogP contribution is -2.53. The molecule has 22 heavy (non-hydrogen) atoms. The predicted molar refractivity (Wildman–Crippen MR) is 79.1 cm³/mol. The molecule has 3 rings (SSSR count). The number of nitrogens with one attached hydrogen (secondary N) is 1. The maximum Gasteiger partial charge on any atom is 0.418 e. The Morgan fingerprint density at radius 2 is 1.82 bits per heavy atom. The van der Waals surface area contributed by atoms with Crippen molar-refractivity contribution in [2.75, 3.05) is 31.1 Å². The van der Waals surface area contributed by atoms with Gasteiger partial charge >= 0.3 is 6.18 Å². The third-order valence-corrected chi connectivity index (χ3v) is 3.97. The second kappa shape index (κ2) is 6.04. The smallest absolute Gasteiger partial charge is 0.372 e.